The van der Waals surface area contributed by atoms with Crippen molar-refractivity contribution in [2.45, 2.75) is 33.0 Å². The number of carbonyl (C=O) groups excluding carboxylic acids is 2. The monoisotopic (exact) mass is 534 g/mol. The fourth-order valence-corrected chi connectivity index (χ4v) is 3.81. The molecule has 0 unspecified atom stereocenters. The van der Waals surface area contributed by atoms with Crippen molar-refractivity contribution in [1.82, 2.24) is 25.1 Å². The summed E-state index contributed by atoms with van der Waals surface area (Å²) in [5.74, 6) is -2.49. The number of aryl methyl sites for hydroxylation is 1. The molecule has 0 saturated heterocycles. The molecule has 13 heteroatoms. The number of alkyl halides is 3. The Morgan fingerprint density at radius 2 is 1.84 bits per heavy atom. The summed E-state index contributed by atoms with van der Waals surface area (Å²) in [4.78, 5) is 34.5. The maximum atomic E-state index is 13.9. The summed E-state index contributed by atoms with van der Waals surface area (Å²) in [5, 5.41) is 9.02. The van der Waals surface area contributed by atoms with E-state index < -0.39 is 35.2 Å². The van der Waals surface area contributed by atoms with Gasteiger partial charge in [0.15, 0.2) is 17.2 Å². The third-order valence-electron chi connectivity index (χ3n) is 5.25. The molecular formula is C24H19ClF4N6O2. The van der Waals surface area contributed by atoms with Crippen LogP contribution in [0.2, 0.25) is 5.02 Å². The van der Waals surface area contributed by atoms with E-state index in [4.69, 9.17) is 11.6 Å². The molecule has 37 heavy (non-hydrogen) atoms. The number of carbonyl (C=O) groups is 2. The number of benzene rings is 1. The van der Waals surface area contributed by atoms with Gasteiger partial charge in [0, 0.05) is 29.8 Å². The Labute approximate surface area is 212 Å². The lowest BCUT2D eigenvalue weighted by Crippen LogP contribution is -2.32. The van der Waals surface area contributed by atoms with Crippen LogP contribution in [-0.2, 0) is 6.18 Å². The number of fused-ring (bicyclic) bond motifs is 1. The van der Waals surface area contributed by atoms with Gasteiger partial charge in [-0.15, -0.1) is 0 Å². The minimum atomic E-state index is -4.87. The van der Waals surface area contributed by atoms with Crippen molar-refractivity contribution >= 4 is 40.0 Å². The van der Waals surface area contributed by atoms with E-state index in [2.05, 4.69) is 25.7 Å². The summed E-state index contributed by atoms with van der Waals surface area (Å²) < 4.78 is 55.0. The number of amides is 2. The van der Waals surface area contributed by atoms with Crippen LogP contribution < -0.4 is 10.6 Å². The first-order valence-electron chi connectivity index (χ1n) is 10.9. The zero-order valence-corrected chi connectivity index (χ0v) is 20.4. The fourth-order valence-electron chi connectivity index (χ4n) is 3.60. The molecule has 2 N–H and O–H groups in total. The Morgan fingerprint density at radius 3 is 2.49 bits per heavy atom. The van der Waals surface area contributed by atoms with Crippen LogP contribution in [0.25, 0.3) is 16.7 Å². The first kappa shape index (κ1) is 26.0. The lowest BCUT2D eigenvalue weighted by Gasteiger charge is -2.17. The molecule has 192 valence electrons. The molecule has 0 atom stereocenters. The van der Waals surface area contributed by atoms with Gasteiger partial charge in [-0.2, -0.15) is 18.3 Å². The number of hydrogen-bond donors (Lipinski definition) is 2. The molecule has 0 aliphatic rings. The van der Waals surface area contributed by atoms with Gasteiger partial charge < -0.3 is 10.6 Å². The zero-order valence-electron chi connectivity index (χ0n) is 19.6. The number of nitrogens with one attached hydrogen (secondary N) is 2. The van der Waals surface area contributed by atoms with E-state index >= 15 is 0 Å². The molecule has 2 amide bonds. The molecule has 0 spiro atoms. The molecular weight excluding hydrogens is 516 g/mol. The maximum Gasteiger partial charge on any atom is 0.435 e. The molecule has 8 nitrogen and oxygen atoms in total. The lowest BCUT2D eigenvalue weighted by atomic mass is 10.0. The van der Waals surface area contributed by atoms with Crippen molar-refractivity contribution in [3.8, 4) is 5.82 Å². The third kappa shape index (κ3) is 5.24. The molecule has 0 aliphatic carbocycles. The highest BCUT2D eigenvalue weighted by Gasteiger charge is 2.37. The van der Waals surface area contributed by atoms with Gasteiger partial charge in [-0.05, 0) is 50.6 Å². The highest BCUT2D eigenvalue weighted by molar-refractivity contribution is 6.32. The minimum absolute atomic E-state index is 0.0454. The van der Waals surface area contributed by atoms with E-state index in [9.17, 15) is 27.2 Å². The summed E-state index contributed by atoms with van der Waals surface area (Å²) in [7, 11) is 0. The van der Waals surface area contributed by atoms with Gasteiger partial charge in [-0.1, -0.05) is 11.6 Å². The van der Waals surface area contributed by atoms with Crippen LogP contribution in [0, 0.1) is 12.7 Å². The predicted octanol–water partition coefficient (Wildman–Crippen LogP) is 5.33. The number of aromatic nitrogens is 4. The molecule has 0 bridgehead atoms. The second-order valence-electron chi connectivity index (χ2n) is 8.34. The van der Waals surface area contributed by atoms with Crippen molar-refractivity contribution in [1.29, 1.82) is 0 Å². The summed E-state index contributed by atoms with van der Waals surface area (Å²) in [6.45, 7) is 4.98. The highest BCUT2D eigenvalue weighted by atomic mass is 35.5. The maximum absolute atomic E-state index is 13.9. The van der Waals surface area contributed by atoms with Gasteiger partial charge in [-0.3, -0.25) is 9.59 Å². The van der Waals surface area contributed by atoms with Crippen molar-refractivity contribution < 1.29 is 27.2 Å². The van der Waals surface area contributed by atoms with Crippen LogP contribution in [0.5, 0.6) is 0 Å². The topological polar surface area (TPSA) is 102 Å². The first-order valence-corrected chi connectivity index (χ1v) is 11.2. The number of nitrogens with zero attached hydrogens (tertiary/aromatic N) is 4. The highest BCUT2D eigenvalue weighted by Crippen LogP contribution is 2.32. The average molecular weight is 535 g/mol. The average Bonchev–Trinajstić information content (AvgIpc) is 3.26. The van der Waals surface area contributed by atoms with Crippen LogP contribution in [-0.4, -0.2) is 37.6 Å². The van der Waals surface area contributed by atoms with E-state index in [1.807, 2.05) is 0 Å². The van der Waals surface area contributed by atoms with Gasteiger partial charge in [0.05, 0.1) is 16.2 Å². The largest absolute Gasteiger partial charge is 0.435 e. The van der Waals surface area contributed by atoms with Crippen molar-refractivity contribution in [3.63, 3.8) is 0 Å². The predicted molar refractivity (Wildman–Crippen MR) is 128 cm³/mol. The lowest BCUT2D eigenvalue weighted by molar-refractivity contribution is -0.141. The molecule has 4 aromatic rings. The molecule has 0 fully saturated rings. The molecule has 0 saturated carbocycles. The number of anilines is 1. The molecule has 0 aliphatic heterocycles. The summed E-state index contributed by atoms with van der Waals surface area (Å²) in [5.41, 5.74) is -1.67. The quantitative estimate of drug-likeness (QED) is 0.337. The molecule has 1 aromatic carbocycles. The molecule has 3 aromatic heterocycles. The van der Waals surface area contributed by atoms with E-state index in [-0.39, 0.29) is 33.8 Å². The van der Waals surface area contributed by atoms with Crippen LogP contribution in [0.4, 0.5) is 23.2 Å². The minimum Gasteiger partial charge on any atom is -0.348 e. The number of hydrogen-bond acceptors (Lipinski definition) is 5. The van der Waals surface area contributed by atoms with E-state index in [1.54, 1.807) is 20.8 Å². The normalized spacial score (nSPS) is 11.7. The standard InChI is InChI=1S/C24H19ClF4N6O2/c1-11(2)31-23(37)20-19(12(3)14-7-6-13(26)9-16(14)32-20)33-22(36)17-10-18(24(27,28)29)34-35(17)21-15(25)5-4-8-30-21/h4-11H,1-3H3,(H,31,37)(H,33,36). The van der Waals surface area contributed by atoms with Crippen molar-refractivity contribution in [2.75, 3.05) is 5.32 Å². The Bertz CT molecular complexity index is 1530. The summed E-state index contributed by atoms with van der Waals surface area (Å²) in [6, 6.07) is 6.83. The Morgan fingerprint density at radius 1 is 1.11 bits per heavy atom. The molecule has 4 rings (SSSR count). The van der Waals surface area contributed by atoms with E-state index in [0.29, 0.717) is 21.7 Å². The third-order valence-corrected chi connectivity index (χ3v) is 5.55. The second kappa shape index (κ2) is 9.77. The Kier molecular flexibility index (Phi) is 6.87. The van der Waals surface area contributed by atoms with Gasteiger partial charge in [0.25, 0.3) is 11.8 Å². The first-order chi connectivity index (χ1) is 17.4. The van der Waals surface area contributed by atoms with E-state index in [1.165, 1.54) is 30.5 Å². The van der Waals surface area contributed by atoms with Gasteiger partial charge in [0.2, 0.25) is 0 Å². The zero-order chi connectivity index (χ0) is 27.1. The summed E-state index contributed by atoms with van der Waals surface area (Å²) in [6.07, 6.45) is -3.59. The van der Waals surface area contributed by atoms with Crippen LogP contribution >= 0.6 is 11.6 Å². The molecule has 3 heterocycles. The van der Waals surface area contributed by atoms with Crippen LogP contribution in [0.15, 0.2) is 42.6 Å². The Hall–Kier alpha value is -4.06. The summed E-state index contributed by atoms with van der Waals surface area (Å²) >= 11 is 6.11. The Balaban J connectivity index is 1.87. The number of rotatable bonds is 5. The fraction of sp³-hybridized carbons (Fsp3) is 0.208. The number of halogens is 5. The SMILES string of the molecule is Cc1c(NC(=O)c2cc(C(F)(F)F)nn2-c2ncccc2Cl)c(C(=O)NC(C)C)nc2cc(F)ccc12. The van der Waals surface area contributed by atoms with Gasteiger partial charge in [-0.25, -0.2) is 19.0 Å². The number of pyridine rings is 2. The van der Waals surface area contributed by atoms with Crippen molar-refractivity contribution in [2.24, 2.45) is 0 Å². The second-order valence-corrected chi connectivity index (χ2v) is 8.74. The van der Waals surface area contributed by atoms with E-state index in [0.717, 1.165) is 6.07 Å². The van der Waals surface area contributed by atoms with Gasteiger partial charge >= 0.3 is 6.18 Å². The van der Waals surface area contributed by atoms with Crippen LogP contribution in [0.1, 0.15) is 46.1 Å². The molecule has 0 radical (unpaired) electrons. The van der Waals surface area contributed by atoms with Crippen LogP contribution in [0.3, 0.4) is 0 Å². The smallest absolute Gasteiger partial charge is 0.348 e. The van der Waals surface area contributed by atoms with Gasteiger partial charge in [0.1, 0.15) is 11.5 Å². The van der Waals surface area contributed by atoms with Crippen molar-refractivity contribution in [3.05, 3.63) is 76.1 Å².